The maximum Gasteiger partial charge on any atom is 0.254 e. The number of aliphatic hydroxyl groups excluding tert-OH is 1. The number of benzene rings is 1. The molecule has 5 nitrogen and oxygen atoms in total. The second kappa shape index (κ2) is 7.31. The van der Waals surface area contributed by atoms with Crippen LogP contribution in [-0.2, 0) is 4.79 Å². The molecule has 0 radical (unpaired) electrons. The molecule has 1 aromatic rings. The number of nitrogens with zero attached hydrogens (tertiary/aromatic N) is 1. The molecule has 1 aromatic carbocycles. The van der Waals surface area contributed by atoms with Crippen LogP contribution in [0.4, 0.5) is 0 Å². The number of carbonyl (C=O) groups is 2. The Labute approximate surface area is 118 Å². The third-order valence-electron chi connectivity index (χ3n) is 2.80. The van der Waals surface area contributed by atoms with E-state index in [0.717, 1.165) is 5.56 Å². The molecular weight excluding hydrogens is 256 g/mol. The molecule has 0 bridgehead atoms. The van der Waals surface area contributed by atoms with E-state index >= 15 is 0 Å². The fourth-order valence-corrected chi connectivity index (χ4v) is 1.76. The van der Waals surface area contributed by atoms with Gasteiger partial charge in [-0.15, -0.1) is 0 Å². The first-order chi connectivity index (χ1) is 9.49. The highest BCUT2D eigenvalue weighted by molar-refractivity contribution is 5.97. The maximum absolute atomic E-state index is 12.4. The van der Waals surface area contributed by atoms with Gasteiger partial charge in [0, 0.05) is 17.7 Å². The molecule has 0 aliphatic carbocycles. The molecule has 3 N–H and O–H groups in total. The Hall–Kier alpha value is -2.32. The molecule has 0 saturated carbocycles. The predicted molar refractivity (Wildman–Crippen MR) is 75.9 cm³/mol. The van der Waals surface area contributed by atoms with Crippen LogP contribution in [0.2, 0.25) is 0 Å². The average Bonchev–Trinajstić information content (AvgIpc) is 2.43. The standard InChI is InChI=1S/C15H18N2O3/c1-3-17(10-14(16)19)15(20)13-9-12(5-4-8-18)7-6-11(13)2/h6-7,9,18H,3,8,10H2,1-2H3,(H2,16,19). The lowest BCUT2D eigenvalue weighted by Gasteiger charge is -2.20. The SMILES string of the molecule is CCN(CC(N)=O)C(=O)c1cc(C#CCO)ccc1C. The van der Waals surface area contributed by atoms with E-state index < -0.39 is 5.91 Å². The fourth-order valence-electron chi connectivity index (χ4n) is 1.76. The van der Waals surface area contributed by atoms with E-state index in [0.29, 0.717) is 17.7 Å². The highest BCUT2D eigenvalue weighted by atomic mass is 16.2. The summed E-state index contributed by atoms with van der Waals surface area (Å²) in [7, 11) is 0. The minimum Gasteiger partial charge on any atom is -0.384 e. The summed E-state index contributed by atoms with van der Waals surface area (Å²) in [6.45, 7) is 3.65. The van der Waals surface area contributed by atoms with Crippen LogP contribution in [-0.4, -0.2) is 41.5 Å². The van der Waals surface area contributed by atoms with Gasteiger partial charge in [0.05, 0.1) is 6.54 Å². The number of aryl methyl sites for hydroxylation is 1. The number of nitrogens with two attached hydrogens (primary N) is 1. The van der Waals surface area contributed by atoms with E-state index in [4.69, 9.17) is 10.8 Å². The number of hydrogen-bond donors (Lipinski definition) is 2. The number of likely N-dealkylation sites (N-methyl/N-ethyl adjacent to an activating group) is 1. The van der Waals surface area contributed by atoms with E-state index in [1.54, 1.807) is 25.1 Å². The zero-order valence-corrected chi connectivity index (χ0v) is 11.6. The molecule has 0 heterocycles. The quantitative estimate of drug-likeness (QED) is 0.774. The summed E-state index contributed by atoms with van der Waals surface area (Å²) < 4.78 is 0. The Balaban J connectivity index is 3.10. The summed E-state index contributed by atoms with van der Waals surface area (Å²) >= 11 is 0. The van der Waals surface area contributed by atoms with Crippen LogP contribution in [0, 0.1) is 18.8 Å². The van der Waals surface area contributed by atoms with Crippen LogP contribution < -0.4 is 5.73 Å². The lowest BCUT2D eigenvalue weighted by Crippen LogP contribution is -2.38. The van der Waals surface area contributed by atoms with Crippen molar-refractivity contribution >= 4 is 11.8 Å². The van der Waals surface area contributed by atoms with E-state index in [-0.39, 0.29) is 19.1 Å². The smallest absolute Gasteiger partial charge is 0.254 e. The van der Waals surface area contributed by atoms with Gasteiger partial charge in [-0.25, -0.2) is 0 Å². The van der Waals surface area contributed by atoms with Crippen molar-refractivity contribution in [1.29, 1.82) is 0 Å². The van der Waals surface area contributed by atoms with Gasteiger partial charge in [-0.1, -0.05) is 17.9 Å². The molecular formula is C15H18N2O3. The molecule has 0 fully saturated rings. The third kappa shape index (κ3) is 4.11. The van der Waals surface area contributed by atoms with Gasteiger partial charge in [-0.2, -0.15) is 0 Å². The Morgan fingerprint density at radius 3 is 2.65 bits per heavy atom. The molecule has 2 amide bonds. The van der Waals surface area contributed by atoms with Crippen LogP contribution in [0.15, 0.2) is 18.2 Å². The molecule has 5 heteroatoms. The molecule has 0 aliphatic heterocycles. The second-order valence-electron chi connectivity index (χ2n) is 4.28. The second-order valence-corrected chi connectivity index (χ2v) is 4.28. The summed E-state index contributed by atoms with van der Waals surface area (Å²) in [4.78, 5) is 24.7. The first-order valence-corrected chi connectivity index (χ1v) is 6.27. The molecule has 0 atom stereocenters. The Morgan fingerprint density at radius 2 is 2.10 bits per heavy atom. The Morgan fingerprint density at radius 1 is 1.40 bits per heavy atom. The van der Waals surface area contributed by atoms with Crippen LogP contribution in [0.25, 0.3) is 0 Å². The summed E-state index contributed by atoms with van der Waals surface area (Å²) in [5.74, 6) is 4.48. The van der Waals surface area contributed by atoms with Crippen molar-refractivity contribution in [2.75, 3.05) is 19.7 Å². The van der Waals surface area contributed by atoms with Gasteiger partial charge < -0.3 is 15.7 Å². The number of rotatable bonds is 4. The van der Waals surface area contributed by atoms with Gasteiger partial charge in [0.1, 0.15) is 6.61 Å². The van der Waals surface area contributed by atoms with Gasteiger partial charge in [-0.05, 0) is 31.5 Å². The van der Waals surface area contributed by atoms with Crippen molar-refractivity contribution in [3.05, 3.63) is 34.9 Å². The zero-order valence-electron chi connectivity index (χ0n) is 11.6. The highest BCUT2D eigenvalue weighted by Gasteiger charge is 2.18. The van der Waals surface area contributed by atoms with Crippen molar-refractivity contribution in [2.24, 2.45) is 5.73 Å². The van der Waals surface area contributed by atoms with Crippen molar-refractivity contribution in [3.63, 3.8) is 0 Å². The lowest BCUT2D eigenvalue weighted by molar-refractivity contribution is -0.118. The average molecular weight is 274 g/mol. The zero-order chi connectivity index (χ0) is 15.1. The first-order valence-electron chi connectivity index (χ1n) is 6.27. The largest absolute Gasteiger partial charge is 0.384 e. The molecule has 0 spiro atoms. The molecule has 20 heavy (non-hydrogen) atoms. The predicted octanol–water partition coefficient (Wildman–Crippen LogP) is 0.286. The Kier molecular flexibility index (Phi) is 5.75. The maximum atomic E-state index is 12.4. The van der Waals surface area contributed by atoms with Crippen molar-refractivity contribution in [3.8, 4) is 11.8 Å². The van der Waals surface area contributed by atoms with E-state index in [1.807, 2.05) is 6.92 Å². The lowest BCUT2D eigenvalue weighted by atomic mass is 10.0. The molecule has 0 aromatic heterocycles. The number of primary amides is 1. The number of amides is 2. The normalized spacial score (nSPS) is 9.55. The van der Waals surface area contributed by atoms with E-state index in [1.165, 1.54) is 4.90 Å². The summed E-state index contributed by atoms with van der Waals surface area (Å²) in [5.41, 5.74) is 7.06. The van der Waals surface area contributed by atoms with Gasteiger partial charge in [0.25, 0.3) is 5.91 Å². The molecule has 106 valence electrons. The van der Waals surface area contributed by atoms with E-state index in [2.05, 4.69) is 11.8 Å². The van der Waals surface area contributed by atoms with Gasteiger partial charge in [0.15, 0.2) is 0 Å². The van der Waals surface area contributed by atoms with Gasteiger partial charge in [0.2, 0.25) is 5.91 Å². The van der Waals surface area contributed by atoms with Crippen LogP contribution in [0.5, 0.6) is 0 Å². The van der Waals surface area contributed by atoms with Gasteiger partial charge in [-0.3, -0.25) is 9.59 Å². The highest BCUT2D eigenvalue weighted by Crippen LogP contribution is 2.13. The minimum absolute atomic E-state index is 0.110. The molecule has 0 saturated heterocycles. The van der Waals surface area contributed by atoms with Crippen molar-refractivity contribution in [2.45, 2.75) is 13.8 Å². The van der Waals surface area contributed by atoms with Crippen molar-refractivity contribution in [1.82, 2.24) is 4.90 Å². The minimum atomic E-state index is -0.547. The number of carbonyl (C=O) groups excluding carboxylic acids is 2. The first kappa shape index (κ1) is 15.7. The van der Waals surface area contributed by atoms with E-state index in [9.17, 15) is 9.59 Å². The summed E-state index contributed by atoms with van der Waals surface area (Å²) in [5, 5.41) is 8.69. The van der Waals surface area contributed by atoms with Crippen LogP contribution in [0.1, 0.15) is 28.4 Å². The summed E-state index contributed by atoms with van der Waals surface area (Å²) in [6.07, 6.45) is 0. The molecule has 0 unspecified atom stereocenters. The van der Waals surface area contributed by atoms with Crippen LogP contribution in [0.3, 0.4) is 0 Å². The monoisotopic (exact) mass is 274 g/mol. The summed E-state index contributed by atoms with van der Waals surface area (Å²) in [6, 6.07) is 5.22. The number of aliphatic hydroxyl groups is 1. The topological polar surface area (TPSA) is 83.6 Å². The fraction of sp³-hybridized carbons (Fsp3) is 0.333. The Bertz CT molecular complexity index is 570. The molecule has 0 aliphatic rings. The molecule has 1 rings (SSSR count). The van der Waals surface area contributed by atoms with Gasteiger partial charge >= 0.3 is 0 Å². The van der Waals surface area contributed by atoms with Crippen LogP contribution >= 0.6 is 0 Å². The third-order valence-corrected chi connectivity index (χ3v) is 2.80. The number of hydrogen-bond acceptors (Lipinski definition) is 3. The van der Waals surface area contributed by atoms with Crippen molar-refractivity contribution < 1.29 is 14.7 Å².